The summed E-state index contributed by atoms with van der Waals surface area (Å²) in [5, 5.41) is 4.31. The Hall–Kier alpha value is -0.730. The van der Waals surface area contributed by atoms with Gasteiger partial charge in [-0.3, -0.25) is 0 Å². The molecule has 1 saturated heterocycles. The van der Waals surface area contributed by atoms with Crippen LogP contribution in [0.3, 0.4) is 0 Å². The molecule has 1 aromatic rings. The molecule has 3 heteroatoms. The van der Waals surface area contributed by atoms with Crippen molar-refractivity contribution in [2.75, 3.05) is 24.5 Å². The maximum atomic E-state index is 6.51. The molecule has 1 atom stereocenters. The minimum absolute atomic E-state index is 0.380. The van der Waals surface area contributed by atoms with E-state index in [9.17, 15) is 0 Å². The molecule has 21 heavy (non-hydrogen) atoms. The SMILES string of the molecule is CCCNCc1ccc(N2CCC(C(C)(C)C)C2)c(Cl)c1. The van der Waals surface area contributed by atoms with Crippen LogP contribution in [0.15, 0.2) is 18.2 Å². The lowest BCUT2D eigenvalue weighted by atomic mass is 9.80. The van der Waals surface area contributed by atoms with Gasteiger partial charge < -0.3 is 10.2 Å². The molecule has 1 fully saturated rings. The van der Waals surface area contributed by atoms with E-state index >= 15 is 0 Å². The maximum Gasteiger partial charge on any atom is 0.0642 e. The molecule has 1 unspecified atom stereocenters. The highest BCUT2D eigenvalue weighted by Gasteiger charge is 2.32. The average molecular weight is 309 g/mol. The van der Waals surface area contributed by atoms with Crippen LogP contribution in [0, 0.1) is 11.3 Å². The van der Waals surface area contributed by atoms with Crippen molar-refractivity contribution in [1.29, 1.82) is 0 Å². The second-order valence-corrected chi connectivity index (χ2v) is 7.67. The lowest BCUT2D eigenvalue weighted by molar-refractivity contribution is 0.263. The molecule has 0 bridgehead atoms. The molecule has 0 aliphatic carbocycles. The monoisotopic (exact) mass is 308 g/mol. The average Bonchev–Trinajstić information content (AvgIpc) is 2.88. The highest BCUT2D eigenvalue weighted by atomic mass is 35.5. The predicted molar refractivity (Wildman–Crippen MR) is 93.2 cm³/mol. The standard InChI is InChI=1S/C18H29ClN2/c1-5-9-20-12-14-6-7-17(16(19)11-14)21-10-8-15(13-21)18(2,3)4/h6-7,11,15,20H,5,8-10,12-13H2,1-4H3. The second-order valence-electron chi connectivity index (χ2n) is 7.26. The normalized spacial score (nSPS) is 19.3. The molecular weight excluding hydrogens is 280 g/mol. The molecule has 1 aliphatic heterocycles. The summed E-state index contributed by atoms with van der Waals surface area (Å²) in [6, 6.07) is 6.51. The molecule has 1 aliphatic rings. The van der Waals surface area contributed by atoms with E-state index in [1.165, 1.54) is 17.7 Å². The third kappa shape index (κ3) is 4.37. The molecule has 0 aromatic heterocycles. The Balaban J connectivity index is 2.01. The Kier molecular flexibility index (Phi) is 5.56. The second kappa shape index (κ2) is 7.02. The summed E-state index contributed by atoms with van der Waals surface area (Å²) in [5.41, 5.74) is 2.84. The van der Waals surface area contributed by atoms with Gasteiger partial charge in [-0.05, 0) is 48.4 Å². The molecule has 1 aromatic carbocycles. The Morgan fingerprint density at radius 2 is 2.10 bits per heavy atom. The number of halogens is 1. The number of nitrogens with zero attached hydrogens (tertiary/aromatic N) is 1. The Morgan fingerprint density at radius 3 is 2.67 bits per heavy atom. The van der Waals surface area contributed by atoms with Crippen molar-refractivity contribution in [3.63, 3.8) is 0 Å². The first-order valence-corrected chi connectivity index (χ1v) is 8.53. The molecule has 0 amide bonds. The van der Waals surface area contributed by atoms with Gasteiger partial charge in [0.25, 0.3) is 0 Å². The van der Waals surface area contributed by atoms with Gasteiger partial charge >= 0.3 is 0 Å². The number of hydrogen-bond acceptors (Lipinski definition) is 2. The quantitative estimate of drug-likeness (QED) is 0.792. The van der Waals surface area contributed by atoms with E-state index in [4.69, 9.17) is 11.6 Å². The van der Waals surface area contributed by atoms with Gasteiger partial charge in [0.15, 0.2) is 0 Å². The third-order valence-corrected chi connectivity index (χ3v) is 4.82. The predicted octanol–water partition coefficient (Wildman–Crippen LogP) is 4.71. The maximum absolute atomic E-state index is 6.51. The zero-order valence-corrected chi connectivity index (χ0v) is 14.6. The molecular formula is C18H29ClN2. The lowest BCUT2D eigenvalue weighted by Crippen LogP contribution is -2.26. The van der Waals surface area contributed by atoms with E-state index in [0.717, 1.165) is 43.5 Å². The summed E-state index contributed by atoms with van der Waals surface area (Å²) in [5.74, 6) is 0.750. The van der Waals surface area contributed by atoms with Crippen LogP contribution < -0.4 is 10.2 Å². The van der Waals surface area contributed by atoms with Gasteiger partial charge in [-0.1, -0.05) is 45.4 Å². The summed E-state index contributed by atoms with van der Waals surface area (Å²) in [4.78, 5) is 2.45. The van der Waals surface area contributed by atoms with Gasteiger partial charge in [0, 0.05) is 19.6 Å². The van der Waals surface area contributed by atoms with Crippen LogP contribution in [-0.2, 0) is 6.54 Å². The van der Waals surface area contributed by atoms with Crippen molar-refractivity contribution in [3.05, 3.63) is 28.8 Å². The van der Waals surface area contributed by atoms with Gasteiger partial charge in [0.2, 0.25) is 0 Å². The van der Waals surface area contributed by atoms with Gasteiger partial charge in [0.1, 0.15) is 0 Å². The van der Waals surface area contributed by atoms with Crippen LogP contribution in [-0.4, -0.2) is 19.6 Å². The third-order valence-electron chi connectivity index (χ3n) is 4.52. The van der Waals surface area contributed by atoms with E-state index in [-0.39, 0.29) is 0 Å². The van der Waals surface area contributed by atoms with Crippen molar-refractivity contribution >= 4 is 17.3 Å². The van der Waals surface area contributed by atoms with Crippen LogP contribution in [0.2, 0.25) is 5.02 Å². The minimum Gasteiger partial charge on any atom is -0.370 e. The number of benzene rings is 1. The number of anilines is 1. The van der Waals surface area contributed by atoms with Crippen molar-refractivity contribution in [2.24, 2.45) is 11.3 Å². The first-order valence-electron chi connectivity index (χ1n) is 8.16. The van der Waals surface area contributed by atoms with Gasteiger partial charge in [-0.25, -0.2) is 0 Å². The van der Waals surface area contributed by atoms with Gasteiger partial charge in [0.05, 0.1) is 10.7 Å². The molecule has 0 saturated carbocycles. The van der Waals surface area contributed by atoms with Crippen molar-refractivity contribution < 1.29 is 0 Å². The van der Waals surface area contributed by atoms with E-state index in [1.807, 2.05) is 0 Å². The summed E-state index contributed by atoms with van der Waals surface area (Å²) < 4.78 is 0. The fourth-order valence-electron chi connectivity index (χ4n) is 3.01. The van der Waals surface area contributed by atoms with Gasteiger partial charge in [-0.2, -0.15) is 0 Å². The Labute approximate surface area is 134 Å². The number of nitrogens with one attached hydrogen (secondary N) is 1. The molecule has 1 heterocycles. The zero-order chi connectivity index (χ0) is 15.5. The molecule has 1 N–H and O–H groups in total. The number of hydrogen-bond donors (Lipinski definition) is 1. The largest absolute Gasteiger partial charge is 0.370 e. The van der Waals surface area contributed by atoms with Crippen LogP contribution in [0.5, 0.6) is 0 Å². The molecule has 118 valence electrons. The lowest BCUT2D eigenvalue weighted by Gasteiger charge is -2.28. The molecule has 2 rings (SSSR count). The molecule has 2 nitrogen and oxygen atoms in total. The fraction of sp³-hybridized carbons (Fsp3) is 0.667. The molecule has 0 radical (unpaired) electrons. The van der Waals surface area contributed by atoms with Crippen molar-refractivity contribution in [2.45, 2.75) is 47.1 Å². The Bertz CT molecular complexity index is 465. The topological polar surface area (TPSA) is 15.3 Å². The first kappa shape index (κ1) is 16.6. The van der Waals surface area contributed by atoms with E-state index in [1.54, 1.807) is 0 Å². The van der Waals surface area contributed by atoms with E-state index in [0.29, 0.717) is 5.41 Å². The number of rotatable bonds is 5. The van der Waals surface area contributed by atoms with Crippen LogP contribution in [0.25, 0.3) is 0 Å². The summed E-state index contributed by atoms with van der Waals surface area (Å²) >= 11 is 6.51. The zero-order valence-electron chi connectivity index (χ0n) is 13.9. The summed E-state index contributed by atoms with van der Waals surface area (Å²) in [6.45, 7) is 13.4. The fourth-order valence-corrected chi connectivity index (χ4v) is 3.33. The van der Waals surface area contributed by atoms with Gasteiger partial charge in [-0.15, -0.1) is 0 Å². The van der Waals surface area contributed by atoms with Crippen molar-refractivity contribution in [3.8, 4) is 0 Å². The first-order chi connectivity index (χ1) is 9.91. The summed E-state index contributed by atoms with van der Waals surface area (Å²) in [7, 11) is 0. The van der Waals surface area contributed by atoms with E-state index in [2.05, 4.69) is 56.1 Å². The summed E-state index contributed by atoms with van der Waals surface area (Å²) in [6.07, 6.45) is 2.42. The van der Waals surface area contributed by atoms with Crippen LogP contribution in [0.1, 0.15) is 46.1 Å². The smallest absolute Gasteiger partial charge is 0.0642 e. The highest BCUT2D eigenvalue weighted by molar-refractivity contribution is 6.33. The minimum atomic E-state index is 0.380. The van der Waals surface area contributed by atoms with Crippen LogP contribution >= 0.6 is 11.6 Å². The Morgan fingerprint density at radius 1 is 1.33 bits per heavy atom. The highest BCUT2D eigenvalue weighted by Crippen LogP contribution is 2.37. The molecule has 0 spiro atoms. The van der Waals surface area contributed by atoms with E-state index < -0.39 is 0 Å². The van der Waals surface area contributed by atoms with Crippen molar-refractivity contribution in [1.82, 2.24) is 5.32 Å². The van der Waals surface area contributed by atoms with Crippen LogP contribution in [0.4, 0.5) is 5.69 Å².